The highest BCUT2D eigenvalue weighted by molar-refractivity contribution is 5.85. The number of hydrogen-bond acceptors (Lipinski definition) is 1. The van der Waals surface area contributed by atoms with E-state index in [0.717, 1.165) is 5.84 Å². The second kappa shape index (κ2) is 3.00. The molecule has 0 aromatic heterocycles. The lowest BCUT2D eigenvalue weighted by molar-refractivity contribution is 0.376. The quantitative estimate of drug-likeness (QED) is 0.514. The van der Waals surface area contributed by atoms with E-state index in [9.17, 15) is 0 Å². The maximum Gasteiger partial charge on any atom is 0.0971 e. The minimum absolute atomic E-state index is 0.498. The largest absolute Gasteiger partial charge is 0.387 e. The van der Waals surface area contributed by atoms with E-state index in [2.05, 4.69) is 18.8 Å². The zero-order valence-electron chi connectivity index (χ0n) is 8.71. The van der Waals surface area contributed by atoms with E-state index in [1.165, 1.54) is 32.1 Å². The molecule has 0 heterocycles. The molecular formula is C11H20N2. The summed E-state index contributed by atoms with van der Waals surface area (Å²) in [4.78, 5) is 4.63. The molecule has 0 bridgehead atoms. The fourth-order valence-corrected chi connectivity index (χ4v) is 2.20. The van der Waals surface area contributed by atoms with Gasteiger partial charge in [0.25, 0.3) is 0 Å². The van der Waals surface area contributed by atoms with Crippen LogP contribution in [0.3, 0.4) is 0 Å². The van der Waals surface area contributed by atoms with E-state index in [0.29, 0.717) is 17.4 Å². The average molecular weight is 180 g/mol. The summed E-state index contributed by atoms with van der Waals surface area (Å²) >= 11 is 0. The molecule has 2 rings (SSSR count). The summed E-state index contributed by atoms with van der Waals surface area (Å²) in [6, 6.07) is 0.524. The lowest BCUT2D eigenvalue weighted by Crippen LogP contribution is -2.18. The fourth-order valence-electron chi connectivity index (χ4n) is 2.20. The maximum absolute atomic E-state index is 5.90. The molecule has 1 atom stereocenters. The molecule has 1 unspecified atom stereocenters. The zero-order chi connectivity index (χ0) is 9.47. The predicted octanol–water partition coefficient (Wildman–Crippen LogP) is 2.33. The Balaban J connectivity index is 1.92. The van der Waals surface area contributed by atoms with Gasteiger partial charge in [0.1, 0.15) is 0 Å². The van der Waals surface area contributed by atoms with Crippen LogP contribution in [0, 0.1) is 11.3 Å². The standard InChI is InChI=1S/C11H20N2/c1-11(2)6-5-9(7-11)13-10(12)8-3-4-8/h8-9H,3-7H2,1-2H3,(H2,12,13). The van der Waals surface area contributed by atoms with Gasteiger partial charge in [-0.15, -0.1) is 0 Å². The molecule has 0 radical (unpaired) electrons. The minimum atomic E-state index is 0.498. The van der Waals surface area contributed by atoms with Crippen molar-refractivity contribution in [2.24, 2.45) is 22.1 Å². The van der Waals surface area contributed by atoms with Crippen LogP contribution in [-0.4, -0.2) is 11.9 Å². The first-order valence-corrected chi connectivity index (χ1v) is 5.40. The van der Waals surface area contributed by atoms with Crippen molar-refractivity contribution in [2.45, 2.75) is 52.0 Å². The Kier molecular flexibility index (Phi) is 2.09. The highest BCUT2D eigenvalue weighted by atomic mass is 14.9. The first kappa shape index (κ1) is 9.04. The summed E-state index contributed by atoms with van der Waals surface area (Å²) in [5.41, 5.74) is 6.40. The fraction of sp³-hybridized carbons (Fsp3) is 0.909. The van der Waals surface area contributed by atoms with E-state index in [1.54, 1.807) is 0 Å². The van der Waals surface area contributed by atoms with Crippen LogP contribution in [0.25, 0.3) is 0 Å². The van der Waals surface area contributed by atoms with Crippen molar-refractivity contribution in [3.8, 4) is 0 Å². The summed E-state index contributed by atoms with van der Waals surface area (Å²) in [5.74, 6) is 1.58. The topological polar surface area (TPSA) is 38.4 Å². The van der Waals surface area contributed by atoms with Crippen molar-refractivity contribution in [2.75, 3.05) is 0 Å². The van der Waals surface area contributed by atoms with Gasteiger partial charge < -0.3 is 5.73 Å². The smallest absolute Gasteiger partial charge is 0.0971 e. The van der Waals surface area contributed by atoms with Crippen molar-refractivity contribution < 1.29 is 0 Å². The van der Waals surface area contributed by atoms with Crippen molar-refractivity contribution in [1.29, 1.82) is 0 Å². The van der Waals surface area contributed by atoms with Crippen LogP contribution in [0.1, 0.15) is 46.0 Å². The molecule has 2 nitrogen and oxygen atoms in total. The highest BCUT2D eigenvalue weighted by Crippen LogP contribution is 2.39. The third-order valence-corrected chi connectivity index (χ3v) is 3.27. The highest BCUT2D eigenvalue weighted by Gasteiger charge is 2.32. The Labute approximate surface area is 80.6 Å². The van der Waals surface area contributed by atoms with Crippen LogP contribution in [-0.2, 0) is 0 Å². The molecule has 0 aliphatic heterocycles. The second-order valence-corrected chi connectivity index (χ2v) is 5.39. The summed E-state index contributed by atoms with van der Waals surface area (Å²) in [7, 11) is 0. The Morgan fingerprint density at radius 1 is 1.31 bits per heavy atom. The molecule has 2 fully saturated rings. The van der Waals surface area contributed by atoms with Crippen LogP contribution in [0.15, 0.2) is 4.99 Å². The van der Waals surface area contributed by atoms with Gasteiger partial charge in [0.05, 0.1) is 11.9 Å². The number of amidine groups is 1. The third kappa shape index (κ3) is 2.23. The molecular weight excluding hydrogens is 160 g/mol. The number of nitrogens with zero attached hydrogens (tertiary/aromatic N) is 1. The molecule has 2 heteroatoms. The first-order chi connectivity index (χ1) is 6.07. The van der Waals surface area contributed by atoms with Crippen molar-refractivity contribution >= 4 is 5.84 Å². The Hall–Kier alpha value is -0.530. The van der Waals surface area contributed by atoms with Crippen LogP contribution in [0.4, 0.5) is 0 Å². The molecule has 0 saturated heterocycles. The van der Waals surface area contributed by atoms with E-state index in [1.807, 2.05) is 0 Å². The summed E-state index contributed by atoms with van der Waals surface area (Å²) in [5, 5.41) is 0. The maximum atomic E-state index is 5.90. The van der Waals surface area contributed by atoms with Crippen molar-refractivity contribution in [3.05, 3.63) is 0 Å². The van der Waals surface area contributed by atoms with E-state index >= 15 is 0 Å². The number of nitrogens with two attached hydrogens (primary N) is 1. The normalized spacial score (nSPS) is 33.7. The zero-order valence-corrected chi connectivity index (χ0v) is 8.71. The molecule has 74 valence electrons. The molecule has 0 amide bonds. The second-order valence-electron chi connectivity index (χ2n) is 5.39. The van der Waals surface area contributed by atoms with Gasteiger partial charge >= 0.3 is 0 Å². The van der Waals surface area contributed by atoms with Gasteiger partial charge in [-0.2, -0.15) is 0 Å². The van der Waals surface area contributed by atoms with Crippen LogP contribution < -0.4 is 5.73 Å². The van der Waals surface area contributed by atoms with E-state index in [4.69, 9.17) is 5.73 Å². The number of aliphatic imine (C=N–C) groups is 1. The van der Waals surface area contributed by atoms with Gasteiger partial charge in [-0.3, -0.25) is 4.99 Å². The summed E-state index contributed by atoms with van der Waals surface area (Å²) in [6.07, 6.45) is 6.30. The van der Waals surface area contributed by atoms with Gasteiger partial charge in [0.2, 0.25) is 0 Å². The SMILES string of the molecule is CC1(C)CCC(N=C(N)C2CC2)C1. The van der Waals surface area contributed by atoms with Gasteiger partial charge in [0, 0.05) is 5.92 Å². The van der Waals surface area contributed by atoms with Crippen molar-refractivity contribution in [1.82, 2.24) is 0 Å². The van der Waals surface area contributed by atoms with Crippen LogP contribution in [0.5, 0.6) is 0 Å². The molecule has 0 aromatic rings. The Morgan fingerprint density at radius 3 is 2.46 bits per heavy atom. The lowest BCUT2D eigenvalue weighted by atomic mass is 9.92. The van der Waals surface area contributed by atoms with E-state index < -0.39 is 0 Å². The third-order valence-electron chi connectivity index (χ3n) is 3.27. The predicted molar refractivity (Wildman–Crippen MR) is 55.8 cm³/mol. The molecule has 2 aliphatic carbocycles. The molecule has 2 aliphatic rings. The van der Waals surface area contributed by atoms with Gasteiger partial charge in [0.15, 0.2) is 0 Å². The molecule has 0 aromatic carbocycles. The van der Waals surface area contributed by atoms with Gasteiger partial charge in [-0.1, -0.05) is 13.8 Å². The molecule has 2 N–H and O–H groups in total. The molecule has 13 heavy (non-hydrogen) atoms. The Bertz CT molecular complexity index is 226. The number of rotatable bonds is 2. The minimum Gasteiger partial charge on any atom is -0.387 e. The molecule has 0 spiro atoms. The average Bonchev–Trinajstić information content (AvgIpc) is 2.78. The van der Waals surface area contributed by atoms with Crippen LogP contribution >= 0.6 is 0 Å². The van der Waals surface area contributed by atoms with Gasteiger partial charge in [-0.25, -0.2) is 0 Å². The van der Waals surface area contributed by atoms with E-state index in [-0.39, 0.29) is 0 Å². The van der Waals surface area contributed by atoms with Crippen LogP contribution in [0.2, 0.25) is 0 Å². The lowest BCUT2D eigenvalue weighted by Gasteiger charge is -2.15. The van der Waals surface area contributed by atoms with Crippen molar-refractivity contribution in [3.63, 3.8) is 0 Å². The monoisotopic (exact) mass is 180 g/mol. The van der Waals surface area contributed by atoms with Gasteiger partial charge in [-0.05, 0) is 37.5 Å². The Morgan fingerprint density at radius 2 is 2.00 bits per heavy atom. The first-order valence-electron chi connectivity index (χ1n) is 5.40. The number of hydrogen-bond donors (Lipinski definition) is 1. The summed E-state index contributed by atoms with van der Waals surface area (Å²) in [6.45, 7) is 4.66. The molecule has 2 saturated carbocycles. The summed E-state index contributed by atoms with van der Waals surface area (Å²) < 4.78 is 0.